The van der Waals surface area contributed by atoms with Gasteiger partial charge in [0.05, 0.1) is 0 Å². The molecule has 0 aliphatic carbocycles. The summed E-state index contributed by atoms with van der Waals surface area (Å²) in [6, 6.07) is 0. The first-order valence-corrected chi connectivity index (χ1v) is 9.50. The Kier molecular flexibility index (Phi) is 19.1. The molecule has 0 aliphatic rings. The van der Waals surface area contributed by atoms with Crippen LogP contribution in [-0.4, -0.2) is 13.2 Å². The predicted molar refractivity (Wildman–Crippen MR) is 86.1 cm³/mol. The van der Waals surface area contributed by atoms with Gasteiger partial charge in [0.1, 0.15) is 13.2 Å². The predicted octanol–water partition coefficient (Wildman–Crippen LogP) is 6.11. The second-order valence-corrected chi connectivity index (χ2v) is 6.61. The Bertz CT molecular complexity index is 218. The zero-order valence-electron chi connectivity index (χ0n) is 14.2. The van der Waals surface area contributed by atoms with E-state index in [9.17, 15) is 4.57 Å². The maximum atomic E-state index is 11.7. The Balaban J connectivity index is 0. The third kappa shape index (κ3) is 13.9. The molecule has 0 aromatic heterocycles. The van der Waals surface area contributed by atoms with Gasteiger partial charge in [-0.25, -0.2) is 0 Å². The van der Waals surface area contributed by atoms with Crippen LogP contribution in [0.2, 0.25) is 0 Å². The summed E-state index contributed by atoms with van der Waals surface area (Å²) < 4.78 is 22.5. The van der Waals surface area contributed by atoms with Crippen molar-refractivity contribution in [3.63, 3.8) is 0 Å². The molecule has 21 heavy (non-hydrogen) atoms. The SMILES string of the molecule is CCCCC(CC)CO[P+](=O)OCC(CC)CCCC.[Ni]. The molecule has 130 valence electrons. The molecule has 3 nitrogen and oxygen atoms in total. The fourth-order valence-corrected chi connectivity index (χ4v) is 2.91. The Hall–Kier alpha value is 0.514. The van der Waals surface area contributed by atoms with Crippen LogP contribution in [0, 0.1) is 11.8 Å². The number of hydrogen-bond donors (Lipinski definition) is 0. The van der Waals surface area contributed by atoms with Gasteiger partial charge in [-0.2, -0.15) is 0 Å². The molecule has 0 aromatic carbocycles. The van der Waals surface area contributed by atoms with Gasteiger partial charge in [0.2, 0.25) is 0 Å². The summed E-state index contributed by atoms with van der Waals surface area (Å²) in [5.74, 6) is 1.03. The van der Waals surface area contributed by atoms with Crippen molar-refractivity contribution < 1.29 is 30.1 Å². The summed E-state index contributed by atoms with van der Waals surface area (Å²) in [6.45, 7) is 9.84. The quantitative estimate of drug-likeness (QED) is 0.276. The molecule has 2 unspecified atom stereocenters. The molecule has 0 fully saturated rings. The minimum atomic E-state index is -1.94. The van der Waals surface area contributed by atoms with Gasteiger partial charge in [0, 0.05) is 21.1 Å². The third-order valence-corrected chi connectivity index (χ3v) is 4.64. The molecule has 0 bridgehead atoms. The standard InChI is InChI=1S/C16H34O3P.Ni/c1-5-9-11-15(7-3)13-18-20(17)19-14-16(8-4)12-10-6-2;/h15-16H,5-14H2,1-4H3;/q+1;. The molecule has 0 spiro atoms. The van der Waals surface area contributed by atoms with E-state index >= 15 is 0 Å². The summed E-state index contributed by atoms with van der Waals surface area (Å²) >= 11 is 0. The van der Waals surface area contributed by atoms with E-state index in [4.69, 9.17) is 9.05 Å². The first-order chi connectivity index (χ1) is 9.67. The van der Waals surface area contributed by atoms with Crippen LogP contribution in [0.15, 0.2) is 0 Å². The summed E-state index contributed by atoms with van der Waals surface area (Å²) in [6.07, 6.45) is 9.31. The van der Waals surface area contributed by atoms with Gasteiger partial charge in [-0.1, -0.05) is 66.2 Å². The number of hydrogen-bond acceptors (Lipinski definition) is 3. The second kappa shape index (κ2) is 16.9. The molecule has 0 heterocycles. The maximum Gasteiger partial charge on any atom is 0.697 e. The van der Waals surface area contributed by atoms with Gasteiger partial charge >= 0.3 is 8.25 Å². The molecule has 5 heteroatoms. The molecule has 0 rings (SSSR count). The van der Waals surface area contributed by atoms with E-state index in [1.807, 2.05) is 0 Å². The van der Waals surface area contributed by atoms with Crippen LogP contribution in [0.1, 0.15) is 79.1 Å². The Labute approximate surface area is 142 Å². The number of rotatable bonds is 14. The van der Waals surface area contributed by atoms with Gasteiger partial charge in [-0.05, 0) is 24.7 Å². The third-order valence-electron chi connectivity index (χ3n) is 3.92. The monoisotopic (exact) mass is 363 g/mol. The van der Waals surface area contributed by atoms with Crippen molar-refractivity contribution in [1.29, 1.82) is 0 Å². The van der Waals surface area contributed by atoms with Crippen molar-refractivity contribution >= 4 is 8.25 Å². The normalized spacial score (nSPS) is 14.4. The summed E-state index contributed by atoms with van der Waals surface area (Å²) in [5.41, 5.74) is 0. The smallest absolute Gasteiger partial charge is 0.119 e. The van der Waals surface area contributed by atoms with Gasteiger partial charge in [0.15, 0.2) is 0 Å². The average Bonchev–Trinajstić information content (AvgIpc) is 2.47. The maximum absolute atomic E-state index is 11.7. The van der Waals surface area contributed by atoms with Gasteiger partial charge in [-0.3, -0.25) is 0 Å². The minimum Gasteiger partial charge on any atom is -0.119 e. The molecular weight excluding hydrogens is 330 g/mol. The molecular formula is C16H34NiO3P+. The zero-order valence-corrected chi connectivity index (χ0v) is 16.1. The zero-order chi connectivity index (χ0) is 15.2. The Morgan fingerprint density at radius 1 is 0.810 bits per heavy atom. The first kappa shape index (κ1) is 23.8. The molecule has 0 aliphatic heterocycles. The van der Waals surface area contributed by atoms with Crippen molar-refractivity contribution in [2.45, 2.75) is 79.1 Å². The minimum absolute atomic E-state index is 0. The van der Waals surface area contributed by atoms with Crippen LogP contribution in [0.3, 0.4) is 0 Å². The van der Waals surface area contributed by atoms with Crippen molar-refractivity contribution in [3.8, 4) is 0 Å². The van der Waals surface area contributed by atoms with E-state index in [0.717, 1.165) is 25.7 Å². The van der Waals surface area contributed by atoms with Crippen molar-refractivity contribution in [2.24, 2.45) is 11.8 Å². The van der Waals surface area contributed by atoms with E-state index in [2.05, 4.69) is 27.7 Å². The Morgan fingerprint density at radius 3 is 1.48 bits per heavy atom. The molecule has 0 N–H and O–H groups in total. The molecule has 0 saturated heterocycles. The fourth-order valence-electron chi connectivity index (χ4n) is 2.17. The van der Waals surface area contributed by atoms with Crippen molar-refractivity contribution in [1.82, 2.24) is 0 Å². The number of unbranched alkanes of at least 4 members (excludes halogenated alkanes) is 2. The van der Waals surface area contributed by atoms with Gasteiger partial charge in [0.25, 0.3) is 0 Å². The average molecular weight is 364 g/mol. The van der Waals surface area contributed by atoms with Gasteiger partial charge in [-0.15, -0.1) is 9.05 Å². The van der Waals surface area contributed by atoms with Gasteiger partial charge < -0.3 is 0 Å². The topological polar surface area (TPSA) is 35.5 Å². The first-order valence-electron chi connectivity index (χ1n) is 8.40. The Morgan fingerprint density at radius 2 is 1.19 bits per heavy atom. The van der Waals surface area contributed by atoms with E-state index in [1.54, 1.807) is 0 Å². The van der Waals surface area contributed by atoms with Crippen LogP contribution in [0.25, 0.3) is 0 Å². The van der Waals surface area contributed by atoms with Crippen LogP contribution in [0.5, 0.6) is 0 Å². The van der Waals surface area contributed by atoms with Crippen LogP contribution < -0.4 is 0 Å². The molecule has 2 atom stereocenters. The molecule has 0 aromatic rings. The second-order valence-electron chi connectivity index (χ2n) is 5.65. The molecule has 0 saturated carbocycles. The van der Waals surface area contributed by atoms with E-state index in [1.165, 1.54) is 25.7 Å². The fraction of sp³-hybridized carbons (Fsp3) is 1.00. The van der Waals surface area contributed by atoms with Crippen molar-refractivity contribution in [3.05, 3.63) is 0 Å². The summed E-state index contributed by atoms with van der Waals surface area (Å²) in [5, 5.41) is 0. The molecule has 0 radical (unpaired) electrons. The summed E-state index contributed by atoms with van der Waals surface area (Å²) in [4.78, 5) is 0. The van der Waals surface area contributed by atoms with Crippen LogP contribution in [-0.2, 0) is 30.1 Å². The largest absolute Gasteiger partial charge is 0.697 e. The van der Waals surface area contributed by atoms with E-state index < -0.39 is 8.25 Å². The van der Waals surface area contributed by atoms with E-state index in [0.29, 0.717) is 25.0 Å². The van der Waals surface area contributed by atoms with Crippen LogP contribution in [0.4, 0.5) is 0 Å². The van der Waals surface area contributed by atoms with Crippen LogP contribution >= 0.6 is 8.25 Å². The van der Waals surface area contributed by atoms with Crippen molar-refractivity contribution in [2.75, 3.05) is 13.2 Å². The summed E-state index contributed by atoms with van der Waals surface area (Å²) in [7, 11) is -1.94. The van der Waals surface area contributed by atoms with E-state index in [-0.39, 0.29) is 16.5 Å². The molecule has 0 amide bonds.